The molecule has 8 heteroatoms. The van der Waals surface area contributed by atoms with Crippen LogP contribution in [0.5, 0.6) is 0 Å². The van der Waals surface area contributed by atoms with Crippen LogP contribution in [0.2, 0.25) is 0 Å². The number of benzene rings is 1. The van der Waals surface area contributed by atoms with Crippen molar-refractivity contribution in [2.24, 2.45) is 0 Å². The number of rotatable bonds is 5. The lowest BCUT2D eigenvalue weighted by molar-refractivity contribution is -0.136. The average molecular weight is 405 g/mol. The van der Waals surface area contributed by atoms with E-state index in [9.17, 15) is 9.18 Å². The summed E-state index contributed by atoms with van der Waals surface area (Å²) < 4.78 is 18.4. The van der Waals surface area contributed by atoms with Gasteiger partial charge < -0.3 is 9.64 Å². The lowest BCUT2D eigenvalue weighted by atomic mass is 10.2. The quantitative estimate of drug-likeness (QED) is 0.762. The van der Waals surface area contributed by atoms with Crippen molar-refractivity contribution in [2.45, 2.75) is 6.54 Å². The molecular formula is C20H25FN4O2S. The van der Waals surface area contributed by atoms with Crippen LogP contribution in [-0.2, 0) is 16.1 Å². The maximum atomic E-state index is 13.1. The molecule has 0 unspecified atom stereocenters. The second-order valence-electron chi connectivity index (χ2n) is 7.18. The number of piperazine rings is 1. The first-order chi connectivity index (χ1) is 13.7. The van der Waals surface area contributed by atoms with Gasteiger partial charge in [0.2, 0.25) is 5.91 Å². The molecule has 4 rings (SSSR count). The monoisotopic (exact) mass is 404 g/mol. The van der Waals surface area contributed by atoms with E-state index in [0.29, 0.717) is 32.8 Å². The number of amides is 1. The number of carbonyl (C=O) groups is 1. The molecule has 2 aromatic rings. The molecule has 0 spiro atoms. The van der Waals surface area contributed by atoms with Crippen LogP contribution in [0, 0.1) is 5.82 Å². The molecule has 28 heavy (non-hydrogen) atoms. The molecule has 2 aliphatic heterocycles. The van der Waals surface area contributed by atoms with E-state index in [-0.39, 0.29) is 11.7 Å². The van der Waals surface area contributed by atoms with Crippen LogP contribution < -0.4 is 0 Å². The molecule has 2 saturated heterocycles. The predicted octanol–water partition coefficient (Wildman–Crippen LogP) is 1.93. The molecule has 0 saturated carbocycles. The second kappa shape index (κ2) is 9.09. The summed E-state index contributed by atoms with van der Waals surface area (Å²) in [6.07, 6.45) is 0. The standard InChI is InChI=1S/C20H25FN4O2S/c21-17-3-1-16(2-4-17)18-15-28-19(22-18)13-23-5-7-24(8-6-23)14-20(26)25-9-11-27-12-10-25/h1-4,15H,5-14H2. The lowest BCUT2D eigenvalue weighted by Crippen LogP contribution is -2.51. The topological polar surface area (TPSA) is 48.9 Å². The predicted molar refractivity (Wildman–Crippen MR) is 107 cm³/mol. The van der Waals surface area contributed by atoms with Crippen LogP contribution in [0.25, 0.3) is 11.3 Å². The molecule has 0 radical (unpaired) electrons. The molecule has 2 aliphatic rings. The second-order valence-corrected chi connectivity index (χ2v) is 8.12. The highest BCUT2D eigenvalue weighted by Crippen LogP contribution is 2.23. The molecule has 6 nitrogen and oxygen atoms in total. The Balaban J connectivity index is 1.24. The Bertz CT molecular complexity index is 784. The van der Waals surface area contributed by atoms with Gasteiger partial charge in [-0.15, -0.1) is 11.3 Å². The van der Waals surface area contributed by atoms with Gasteiger partial charge >= 0.3 is 0 Å². The van der Waals surface area contributed by atoms with Gasteiger partial charge in [-0.2, -0.15) is 0 Å². The van der Waals surface area contributed by atoms with Gasteiger partial charge in [-0.3, -0.25) is 14.6 Å². The van der Waals surface area contributed by atoms with Crippen molar-refractivity contribution < 1.29 is 13.9 Å². The molecule has 2 fully saturated rings. The van der Waals surface area contributed by atoms with Crippen molar-refractivity contribution in [3.8, 4) is 11.3 Å². The van der Waals surface area contributed by atoms with Crippen molar-refractivity contribution in [2.75, 3.05) is 59.0 Å². The summed E-state index contributed by atoms with van der Waals surface area (Å²) in [6, 6.07) is 6.45. The van der Waals surface area contributed by atoms with Gasteiger partial charge in [-0.1, -0.05) is 0 Å². The maximum Gasteiger partial charge on any atom is 0.236 e. The SMILES string of the molecule is O=C(CN1CCN(Cc2nc(-c3ccc(F)cc3)cs2)CC1)N1CCOCC1. The number of nitrogens with zero attached hydrogens (tertiary/aromatic N) is 4. The zero-order valence-corrected chi connectivity index (χ0v) is 16.7. The largest absolute Gasteiger partial charge is 0.378 e. The number of halogens is 1. The van der Waals surface area contributed by atoms with E-state index >= 15 is 0 Å². The smallest absolute Gasteiger partial charge is 0.236 e. The van der Waals surface area contributed by atoms with Gasteiger partial charge in [0.25, 0.3) is 0 Å². The van der Waals surface area contributed by atoms with Crippen molar-refractivity contribution in [3.05, 3.63) is 40.5 Å². The molecule has 3 heterocycles. The summed E-state index contributed by atoms with van der Waals surface area (Å²) in [4.78, 5) is 23.6. The molecule has 0 aliphatic carbocycles. The van der Waals surface area contributed by atoms with Crippen molar-refractivity contribution in [1.29, 1.82) is 0 Å². The molecule has 0 N–H and O–H groups in total. The fourth-order valence-electron chi connectivity index (χ4n) is 3.54. The molecular weight excluding hydrogens is 379 g/mol. The number of aromatic nitrogens is 1. The highest BCUT2D eigenvalue weighted by molar-refractivity contribution is 7.09. The third kappa shape index (κ3) is 4.94. The van der Waals surface area contributed by atoms with Gasteiger partial charge in [-0.05, 0) is 24.3 Å². The highest BCUT2D eigenvalue weighted by atomic mass is 32.1. The van der Waals surface area contributed by atoms with Crippen LogP contribution >= 0.6 is 11.3 Å². The van der Waals surface area contributed by atoms with Crippen molar-refractivity contribution in [1.82, 2.24) is 19.7 Å². The van der Waals surface area contributed by atoms with Gasteiger partial charge in [-0.25, -0.2) is 9.37 Å². The summed E-state index contributed by atoms with van der Waals surface area (Å²) in [5.74, 6) is -0.0233. The van der Waals surface area contributed by atoms with E-state index in [0.717, 1.165) is 49.0 Å². The third-order valence-corrected chi connectivity index (χ3v) is 6.07. The normalized spacial score (nSPS) is 19.1. The molecule has 0 atom stereocenters. The minimum atomic E-state index is -0.232. The van der Waals surface area contributed by atoms with E-state index in [1.54, 1.807) is 23.5 Å². The maximum absolute atomic E-state index is 13.1. The Morgan fingerprint density at radius 3 is 2.43 bits per heavy atom. The molecule has 1 amide bonds. The molecule has 1 aromatic carbocycles. The first-order valence-electron chi connectivity index (χ1n) is 9.68. The number of hydrogen-bond acceptors (Lipinski definition) is 6. The summed E-state index contributed by atoms with van der Waals surface area (Å²) in [5, 5.41) is 3.09. The van der Waals surface area contributed by atoms with Gasteiger partial charge in [0, 0.05) is 50.2 Å². The molecule has 1 aromatic heterocycles. The Kier molecular flexibility index (Phi) is 6.31. The van der Waals surface area contributed by atoms with Crippen LogP contribution in [0.3, 0.4) is 0 Å². The zero-order chi connectivity index (χ0) is 19.3. The number of carbonyl (C=O) groups excluding carboxylic acids is 1. The number of hydrogen-bond donors (Lipinski definition) is 0. The highest BCUT2D eigenvalue weighted by Gasteiger charge is 2.23. The summed E-state index contributed by atoms with van der Waals surface area (Å²) in [5.41, 5.74) is 1.84. The first-order valence-corrected chi connectivity index (χ1v) is 10.6. The molecule has 0 bridgehead atoms. The Morgan fingerprint density at radius 1 is 1.04 bits per heavy atom. The van der Waals surface area contributed by atoms with E-state index in [1.807, 2.05) is 10.3 Å². The summed E-state index contributed by atoms with van der Waals surface area (Å²) in [7, 11) is 0. The number of morpholine rings is 1. The van der Waals surface area contributed by atoms with E-state index in [1.165, 1.54) is 12.1 Å². The minimum Gasteiger partial charge on any atom is -0.378 e. The van der Waals surface area contributed by atoms with Crippen LogP contribution in [0.1, 0.15) is 5.01 Å². The Labute approximate surface area is 168 Å². The third-order valence-electron chi connectivity index (χ3n) is 5.24. The Hall–Kier alpha value is -1.87. The van der Waals surface area contributed by atoms with Crippen LogP contribution in [0.4, 0.5) is 4.39 Å². The van der Waals surface area contributed by atoms with Crippen LogP contribution in [-0.4, -0.2) is 84.6 Å². The van der Waals surface area contributed by atoms with Gasteiger partial charge in [0.05, 0.1) is 32.0 Å². The number of ether oxygens (including phenoxy) is 1. The fraction of sp³-hybridized carbons (Fsp3) is 0.500. The van der Waals surface area contributed by atoms with Gasteiger partial charge in [0.15, 0.2) is 0 Å². The Morgan fingerprint density at radius 2 is 1.71 bits per heavy atom. The summed E-state index contributed by atoms with van der Waals surface area (Å²) >= 11 is 1.64. The van der Waals surface area contributed by atoms with E-state index in [2.05, 4.69) is 9.80 Å². The summed E-state index contributed by atoms with van der Waals surface area (Å²) in [6.45, 7) is 7.68. The van der Waals surface area contributed by atoms with E-state index in [4.69, 9.17) is 9.72 Å². The zero-order valence-electron chi connectivity index (χ0n) is 15.8. The van der Waals surface area contributed by atoms with E-state index < -0.39 is 0 Å². The number of thiazole rings is 1. The minimum absolute atomic E-state index is 0.209. The van der Waals surface area contributed by atoms with Crippen molar-refractivity contribution in [3.63, 3.8) is 0 Å². The fourth-order valence-corrected chi connectivity index (χ4v) is 4.38. The lowest BCUT2D eigenvalue weighted by Gasteiger charge is -2.35. The first kappa shape index (κ1) is 19.4. The average Bonchev–Trinajstić information content (AvgIpc) is 3.19. The van der Waals surface area contributed by atoms with Gasteiger partial charge in [0.1, 0.15) is 10.8 Å². The van der Waals surface area contributed by atoms with Crippen molar-refractivity contribution >= 4 is 17.2 Å². The molecule has 150 valence electrons. The van der Waals surface area contributed by atoms with Crippen LogP contribution in [0.15, 0.2) is 29.6 Å².